The number of ether oxygens (including phenoxy) is 1. The number of aromatic nitrogens is 2. The third-order valence-corrected chi connectivity index (χ3v) is 3.79. The lowest BCUT2D eigenvalue weighted by Gasteiger charge is -2.10. The topological polar surface area (TPSA) is 56.1 Å². The summed E-state index contributed by atoms with van der Waals surface area (Å²) in [7, 11) is 1.57. The number of rotatable bonds is 5. The van der Waals surface area contributed by atoms with Crippen LogP contribution in [0.25, 0.3) is 0 Å². The van der Waals surface area contributed by atoms with Crippen LogP contribution in [0.15, 0.2) is 60.8 Å². The van der Waals surface area contributed by atoms with Gasteiger partial charge >= 0.3 is 0 Å². The number of hydrogen-bond donors (Lipinski definition) is 1. The van der Waals surface area contributed by atoms with Crippen molar-refractivity contribution < 1.29 is 9.53 Å². The fraction of sp³-hybridized carbons (Fsp3) is 0.111. The van der Waals surface area contributed by atoms with Gasteiger partial charge in [-0.25, -0.2) is 4.68 Å². The lowest BCUT2D eigenvalue weighted by atomic mass is 10.2. The Labute approximate surface area is 144 Å². The number of halogens is 1. The van der Waals surface area contributed by atoms with Crippen molar-refractivity contribution >= 4 is 23.3 Å². The molecule has 0 aliphatic rings. The van der Waals surface area contributed by atoms with Crippen molar-refractivity contribution in [1.29, 1.82) is 0 Å². The zero-order valence-corrected chi connectivity index (χ0v) is 13.8. The number of carbonyl (C=O) groups is 1. The fourth-order valence-electron chi connectivity index (χ4n) is 2.28. The highest BCUT2D eigenvalue weighted by molar-refractivity contribution is 6.30. The lowest BCUT2D eigenvalue weighted by molar-refractivity contribution is 0.102. The van der Waals surface area contributed by atoms with Gasteiger partial charge in [0.25, 0.3) is 5.91 Å². The van der Waals surface area contributed by atoms with Gasteiger partial charge in [0.05, 0.1) is 19.9 Å². The van der Waals surface area contributed by atoms with Gasteiger partial charge in [0.1, 0.15) is 11.6 Å². The summed E-state index contributed by atoms with van der Waals surface area (Å²) < 4.78 is 6.87. The zero-order valence-electron chi connectivity index (χ0n) is 13.1. The van der Waals surface area contributed by atoms with Crippen LogP contribution in [0.2, 0.25) is 5.02 Å². The smallest absolute Gasteiger partial charge is 0.256 e. The number of nitrogens with one attached hydrogen (secondary N) is 1. The normalized spacial score (nSPS) is 10.4. The second kappa shape index (κ2) is 7.19. The molecule has 0 bridgehead atoms. The van der Waals surface area contributed by atoms with E-state index >= 15 is 0 Å². The third kappa shape index (κ3) is 3.75. The minimum atomic E-state index is -0.216. The van der Waals surface area contributed by atoms with Crippen molar-refractivity contribution in [3.8, 4) is 5.75 Å². The number of methoxy groups -OCH3 is 1. The number of benzene rings is 2. The SMILES string of the molecule is COc1cccc(C(=O)Nc2ccnn2Cc2ccc(Cl)cc2)c1. The molecule has 5 nitrogen and oxygen atoms in total. The first-order valence-corrected chi connectivity index (χ1v) is 7.75. The van der Waals surface area contributed by atoms with Gasteiger partial charge in [-0.3, -0.25) is 4.79 Å². The largest absolute Gasteiger partial charge is 0.497 e. The molecule has 24 heavy (non-hydrogen) atoms. The first-order valence-electron chi connectivity index (χ1n) is 7.37. The van der Waals surface area contributed by atoms with Crippen molar-refractivity contribution in [2.75, 3.05) is 12.4 Å². The molecular formula is C18H16ClN3O2. The van der Waals surface area contributed by atoms with E-state index in [9.17, 15) is 4.79 Å². The van der Waals surface area contributed by atoms with E-state index in [0.717, 1.165) is 5.56 Å². The van der Waals surface area contributed by atoms with E-state index < -0.39 is 0 Å². The summed E-state index contributed by atoms with van der Waals surface area (Å²) >= 11 is 5.90. The van der Waals surface area contributed by atoms with Crippen LogP contribution in [-0.2, 0) is 6.54 Å². The van der Waals surface area contributed by atoms with E-state index in [0.29, 0.717) is 28.7 Å². The molecule has 3 rings (SSSR count). The molecule has 0 unspecified atom stereocenters. The van der Waals surface area contributed by atoms with Crippen LogP contribution in [0.1, 0.15) is 15.9 Å². The summed E-state index contributed by atoms with van der Waals surface area (Å²) in [4.78, 5) is 12.4. The van der Waals surface area contributed by atoms with Gasteiger partial charge in [-0.05, 0) is 35.9 Å². The Balaban J connectivity index is 1.75. The van der Waals surface area contributed by atoms with Gasteiger partial charge in [0.2, 0.25) is 0 Å². The molecule has 2 aromatic carbocycles. The predicted octanol–water partition coefficient (Wildman–Crippen LogP) is 3.85. The predicted molar refractivity (Wildman–Crippen MR) is 93.7 cm³/mol. The summed E-state index contributed by atoms with van der Waals surface area (Å²) in [6, 6.07) is 16.3. The van der Waals surface area contributed by atoms with Crippen LogP contribution >= 0.6 is 11.6 Å². The molecule has 0 atom stereocenters. The molecule has 1 N–H and O–H groups in total. The summed E-state index contributed by atoms with van der Waals surface area (Å²) in [5.74, 6) is 1.04. The average Bonchev–Trinajstić information content (AvgIpc) is 3.03. The van der Waals surface area contributed by atoms with Crippen LogP contribution < -0.4 is 10.1 Å². The Kier molecular flexibility index (Phi) is 4.82. The van der Waals surface area contributed by atoms with Crippen molar-refractivity contribution in [2.24, 2.45) is 0 Å². The van der Waals surface area contributed by atoms with Crippen molar-refractivity contribution in [2.45, 2.75) is 6.54 Å². The quantitative estimate of drug-likeness (QED) is 0.767. The van der Waals surface area contributed by atoms with E-state index in [2.05, 4.69) is 10.4 Å². The molecular weight excluding hydrogens is 326 g/mol. The van der Waals surface area contributed by atoms with Crippen molar-refractivity contribution in [3.63, 3.8) is 0 Å². The van der Waals surface area contributed by atoms with Crippen LogP contribution in [0.3, 0.4) is 0 Å². The molecule has 0 spiro atoms. The molecule has 122 valence electrons. The summed E-state index contributed by atoms with van der Waals surface area (Å²) in [5.41, 5.74) is 1.56. The van der Waals surface area contributed by atoms with E-state index in [1.165, 1.54) is 0 Å². The van der Waals surface area contributed by atoms with Crippen molar-refractivity contribution in [3.05, 3.63) is 76.9 Å². The molecule has 1 heterocycles. The Morgan fingerprint density at radius 1 is 1.21 bits per heavy atom. The maximum absolute atomic E-state index is 12.4. The molecule has 0 fully saturated rings. The maximum atomic E-state index is 12.4. The first kappa shape index (κ1) is 16.1. The molecule has 0 saturated carbocycles. The lowest BCUT2D eigenvalue weighted by Crippen LogP contribution is -2.16. The fourth-order valence-corrected chi connectivity index (χ4v) is 2.41. The number of nitrogens with zero attached hydrogens (tertiary/aromatic N) is 2. The summed E-state index contributed by atoms with van der Waals surface area (Å²) in [6.45, 7) is 0.540. The maximum Gasteiger partial charge on any atom is 0.256 e. The van der Waals surface area contributed by atoms with E-state index in [1.54, 1.807) is 48.3 Å². The molecule has 1 aromatic heterocycles. The molecule has 3 aromatic rings. The molecule has 0 radical (unpaired) electrons. The monoisotopic (exact) mass is 341 g/mol. The Hall–Kier alpha value is -2.79. The second-order valence-corrected chi connectivity index (χ2v) is 5.62. The highest BCUT2D eigenvalue weighted by Gasteiger charge is 2.10. The minimum Gasteiger partial charge on any atom is -0.497 e. The second-order valence-electron chi connectivity index (χ2n) is 5.19. The van der Waals surface area contributed by atoms with E-state index in [-0.39, 0.29) is 5.91 Å². The van der Waals surface area contributed by atoms with E-state index in [4.69, 9.17) is 16.3 Å². The van der Waals surface area contributed by atoms with Gasteiger partial charge < -0.3 is 10.1 Å². The highest BCUT2D eigenvalue weighted by Crippen LogP contribution is 2.16. The van der Waals surface area contributed by atoms with Crippen molar-refractivity contribution in [1.82, 2.24) is 9.78 Å². The molecule has 0 aliphatic heterocycles. The van der Waals surface area contributed by atoms with Crippen LogP contribution in [0, 0.1) is 0 Å². The molecule has 1 amide bonds. The molecule has 0 saturated heterocycles. The van der Waals surface area contributed by atoms with E-state index in [1.807, 2.05) is 24.3 Å². The standard InChI is InChI=1S/C18H16ClN3O2/c1-24-16-4-2-3-14(11-16)18(23)21-17-9-10-20-22(17)12-13-5-7-15(19)8-6-13/h2-11H,12H2,1H3,(H,21,23). The minimum absolute atomic E-state index is 0.216. The number of anilines is 1. The van der Waals surface area contributed by atoms with Crippen LogP contribution in [-0.4, -0.2) is 22.8 Å². The molecule has 0 aliphatic carbocycles. The Morgan fingerprint density at radius 2 is 2.00 bits per heavy atom. The van der Waals surface area contributed by atoms with Gasteiger partial charge in [0, 0.05) is 16.7 Å². The number of hydrogen-bond acceptors (Lipinski definition) is 3. The van der Waals surface area contributed by atoms with Gasteiger partial charge in [0.15, 0.2) is 0 Å². The Morgan fingerprint density at radius 3 is 2.75 bits per heavy atom. The summed E-state index contributed by atoms with van der Waals surface area (Å²) in [5, 5.41) is 7.81. The molecule has 6 heteroatoms. The van der Waals surface area contributed by atoms with Gasteiger partial charge in [-0.15, -0.1) is 0 Å². The zero-order chi connectivity index (χ0) is 16.9. The number of amides is 1. The van der Waals surface area contributed by atoms with Gasteiger partial charge in [-0.2, -0.15) is 5.10 Å². The average molecular weight is 342 g/mol. The Bertz CT molecular complexity index is 843. The van der Waals surface area contributed by atoms with Gasteiger partial charge in [-0.1, -0.05) is 29.8 Å². The summed E-state index contributed by atoms with van der Waals surface area (Å²) in [6.07, 6.45) is 1.65. The third-order valence-electron chi connectivity index (χ3n) is 3.54. The number of carbonyl (C=O) groups excluding carboxylic acids is 1. The van der Waals surface area contributed by atoms with Crippen LogP contribution in [0.4, 0.5) is 5.82 Å². The first-order chi connectivity index (χ1) is 11.7. The highest BCUT2D eigenvalue weighted by atomic mass is 35.5. The van der Waals surface area contributed by atoms with Crippen LogP contribution in [0.5, 0.6) is 5.75 Å².